The standard InChI is InChI=1S/C14H19ClN4O/c1-14(2,16)11-8-19-13(20-5-4-17-3)10-7-18-12(15)6-9(10)11/h6-8,17H,4-5,16H2,1-3H3. The first-order valence-electron chi connectivity index (χ1n) is 6.44. The van der Waals surface area contributed by atoms with Gasteiger partial charge in [-0.1, -0.05) is 11.6 Å². The maximum atomic E-state index is 6.19. The van der Waals surface area contributed by atoms with Crippen LogP contribution in [0.15, 0.2) is 18.5 Å². The Hall–Kier alpha value is -1.43. The molecule has 0 fully saturated rings. The number of ether oxygens (including phenoxy) is 1. The van der Waals surface area contributed by atoms with E-state index in [-0.39, 0.29) is 0 Å². The fourth-order valence-electron chi connectivity index (χ4n) is 1.96. The van der Waals surface area contributed by atoms with E-state index in [9.17, 15) is 0 Å². The lowest BCUT2D eigenvalue weighted by molar-refractivity contribution is 0.310. The number of nitrogens with one attached hydrogen (secondary N) is 1. The topological polar surface area (TPSA) is 73.1 Å². The molecule has 108 valence electrons. The van der Waals surface area contributed by atoms with Crippen LogP contribution in [0.3, 0.4) is 0 Å². The monoisotopic (exact) mass is 294 g/mol. The van der Waals surface area contributed by atoms with Crippen molar-refractivity contribution in [2.45, 2.75) is 19.4 Å². The van der Waals surface area contributed by atoms with Gasteiger partial charge in [0.1, 0.15) is 11.8 Å². The zero-order valence-electron chi connectivity index (χ0n) is 11.9. The summed E-state index contributed by atoms with van der Waals surface area (Å²) in [6.45, 7) is 5.14. The van der Waals surface area contributed by atoms with Gasteiger partial charge < -0.3 is 15.8 Å². The van der Waals surface area contributed by atoms with Gasteiger partial charge in [-0.3, -0.25) is 0 Å². The molecule has 0 aliphatic heterocycles. The lowest BCUT2D eigenvalue weighted by atomic mass is 9.93. The van der Waals surface area contributed by atoms with Crippen LogP contribution in [0.2, 0.25) is 5.15 Å². The van der Waals surface area contributed by atoms with Gasteiger partial charge >= 0.3 is 0 Å². The highest BCUT2D eigenvalue weighted by Gasteiger charge is 2.20. The molecule has 2 aromatic heterocycles. The maximum Gasteiger partial charge on any atom is 0.222 e. The molecular formula is C14H19ClN4O. The van der Waals surface area contributed by atoms with Crippen molar-refractivity contribution < 1.29 is 4.74 Å². The second-order valence-corrected chi connectivity index (χ2v) is 5.59. The molecule has 0 atom stereocenters. The molecule has 20 heavy (non-hydrogen) atoms. The summed E-state index contributed by atoms with van der Waals surface area (Å²) in [5.74, 6) is 0.549. The Kier molecular flexibility index (Phi) is 4.42. The SMILES string of the molecule is CNCCOc1ncc(C(C)(C)N)c2cc(Cl)ncc12. The number of fused-ring (bicyclic) bond motifs is 1. The molecule has 0 unspecified atom stereocenters. The van der Waals surface area contributed by atoms with E-state index in [1.165, 1.54) is 0 Å². The molecule has 6 heteroatoms. The molecule has 5 nitrogen and oxygen atoms in total. The molecule has 2 heterocycles. The first-order valence-corrected chi connectivity index (χ1v) is 6.82. The number of likely N-dealkylation sites (N-methyl/N-ethyl adjacent to an activating group) is 1. The van der Waals surface area contributed by atoms with Gasteiger partial charge in [-0.25, -0.2) is 9.97 Å². The van der Waals surface area contributed by atoms with Crippen LogP contribution < -0.4 is 15.8 Å². The second-order valence-electron chi connectivity index (χ2n) is 5.20. The van der Waals surface area contributed by atoms with Crippen LogP contribution >= 0.6 is 11.6 Å². The Labute approximate surface area is 123 Å². The number of hydrogen-bond donors (Lipinski definition) is 2. The third-order valence-corrected chi connectivity index (χ3v) is 3.19. The third kappa shape index (κ3) is 3.17. The minimum Gasteiger partial charge on any atom is -0.476 e. The molecule has 2 aromatic rings. The van der Waals surface area contributed by atoms with Crippen molar-refractivity contribution in [1.82, 2.24) is 15.3 Å². The molecule has 2 rings (SSSR count). The van der Waals surface area contributed by atoms with Gasteiger partial charge in [0.2, 0.25) is 5.88 Å². The van der Waals surface area contributed by atoms with Gasteiger partial charge in [-0.15, -0.1) is 0 Å². The predicted molar refractivity (Wildman–Crippen MR) is 81.2 cm³/mol. The number of hydrogen-bond acceptors (Lipinski definition) is 5. The normalized spacial score (nSPS) is 11.8. The van der Waals surface area contributed by atoms with E-state index in [1.807, 2.05) is 20.9 Å². The zero-order valence-corrected chi connectivity index (χ0v) is 12.7. The zero-order chi connectivity index (χ0) is 14.8. The number of nitrogens with zero attached hydrogens (tertiary/aromatic N) is 2. The number of aromatic nitrogens is 2. The van der Waals surface area contributed by atoms with Crippen LogP contribution in [-0.2, 0) is 5.54 Å². The fraction of sp³-hybridized carbons (Fsp3) is 0.429. The van der Waals surface area contributed by atoms with E-state index in [1.54, 1.807) is 18.5 Å². The summed E-state index contributed by atoms with van der Waals surface area (Å²) < 4.78 is 5.67. The Morgan fingerprint density at radius 1 is 1.30 bits per heavy atom. The average molecular weight is 295 g/mol. The lowest BCUT2D eigenvalue weighted by Crippen LogP contribution is -2.29. The first kappa shape index (κ1) is 15.0. The third-order valence-electron chi connectivity index (χ3n) is 2.99. The van der Waals surface area contributed by atoms with Crippen molar-refractivity contribution in [3.63, 3.8) is 0 Å². The van der Waals surface area contributed by atoms with Gasteiger partial charge in [0, 0.05) is 24.5 Å². The molecule has 0 spiro atoms. The number of halogens is 1. The fourth-order valence-corrected chi connectivity index (χ4v) is 2.12. The van der Waals surface area contributed by atoms with E-state index in [0.29, 0.717) is 17.6 Å². The van der Waals surface area contributed by atoms with Crippen LogP contribution in [0.4, 0.5) is 0 Å². The smallest absolute Gasteiger partial charge is 0.222 e. The Balaban J connectivity index is 2.53. The highest BCUT2D eigenvalue weighted by atomic mass is 35.5. The van der Waals surface area contributed by atoms with E-state index in [2.05, 4.69) is 15.3 Å². The van der Waals surface area contributed by atoms with Crippen molar-refractivity contribution in [2.24, 2.45) is 5.73 Å². The van der Waals surface area contributed by atoms with Crippen molar-refractivity contribution in [1.29, 1.82) is 0 Å². The van der Waals surface area contributed by atoms with Crippen molar-refractivity contribution in [3.05, 3.63) is 29.2 Å². The molecule has 0 saturated carbocycles. The number of rotatable bonds is 5. The molecule has 0 amide bonds. The quantitative estimate of drug-likeness (QED) is 0.652. The van der Waals surface area contributed by atoms with Gasteiger partial charge in [-0.05, 0) is 37.9 Å². The Morgan fingerprint density at radius 3 is 2.70 bits per heavy atom. The summed E-state index contributed by atoms with van der Waals surface area (Å²) >= 11 is 6.00. The number of pyridine rings is 2. The van der Waals surface area contributed by atoms with E-state index >= 15 is 0 Å². The molecular weight excluding hydrogens is 276 g/mol. The molecule has 0 radical (unpaired) electrons. The minimum absolute atomic E-state index is 0.426. The van der Waals surface area contributed by atoms with E-state index in [0.717, 1.165) is 22.9 Å². The van der Waals surface area contributed by atoms with Crippen LogP contribution in [0.1, 0.15) is 19.4 Å². The summed E-state index contributed by atoms with van der Waals surface area (Å²) in [4.78, 5) is 8.47. The van der Waals surface area contributed by atoms with Crippen LogP contribution in [0.5, 0.6) is 5.88 Å². The molecule has 0 bridgehead atoms. The summed E-state index contributed by atoms with van der Waals surface area (Å²) in [6.07, 6.45) is 3.42. The highest BCUT2D eigenvalue weighted by molar-refractivity contribution is 6.30. The molecule has 0 aliphatic rings. The van der Waals surface area contributed by atoms with Gasteiger partial charge in [0.05, 0.1) is 5.39 Å². The lowest BCUT2D eigenvalue weighted by Gasteiger charge is -2.21. The van der Waals surface area contributed by atoms with Crippen LogP contribution in [0, 0.1) is 0 Å². The summed E-state index contributed by atoms with van der Waals surface area (Å²) in [5.41, 5.74) is 6.59. The van der Waals surface area contributed by atoms with Crippen molar-refractivity contribution in [3.8, 4) is 5.88 Å². The Bertz CT molecular complexity index is 610. The molecule has 0 saturated heterocycles. The maximum absolute atomic E-state index is 6.19. The van der Waals surface area contributed by atoms with Crippen molar-refractivity contribution in [2.75, 3.05) is 20.2 Å². The minimum atomic E-state index is -0.514. The average Bonchev–Trinajstić information content (AvgIpc) is 2.37. The molecule has 0 aromatic carbocycles. The summed E-state index contributed by atoms with van der Waals surface area (Å²) in [6, 6.07) is 1.80. The Morgan fingerprint density at radius 2 is 2.05 bits per heavy atom. The predicted octanol–water partition coefficient (Wildman–Crippen LogP) is 2.08. The first-order chi connectivity index (χ1) is 9.43. The highest BCUT2D eigenvalue weighted by Crippen LogP contribution is 2.31. The molecule has 3 N–H and O–H groups in total. The van der Waals surface area contributed by atoms with E-state index in [4.69, 9.17) is 22.1 Å². The summed E-state index contributed by atoms with van der Waals surface area (Å²) in [7, 11) is 1.87. The van der Waals surface area contributed by atoms with Gasteiger partial charge in [-0.2, -0.15) is 0 Å². The molecule has 0 aliphatic carbocycles. The summed E-state index contributed by atoms with van der Waals surface area (Å²) in [5, 5.41) is 5.19. The van der Waals surface area contributed by atoms with Crippen molar-refractivity contribution >= 4 is 22.4 Å². The van der Waals surface area contributed by atoms with Crippen LogP contribution in [0.25, 0.3) is 10.8 Å². The van der Waals surface area contributed by atoms with Gasteiger partial charge in [0.25, 0.3) is 0 Å². The van der Waals surface area contributed by atoms with Gasteiger partial charge in [0.15, 0.2) is 0 Å². The second kappa shape index (κ2) is 5.91. The number of nitrogens with two attached hydrogens (primary N) is 1. The van der Waals surface area contributed by atoms with Crippen LogP contribution in [-0.4, -0.2) is 30.2 Å². The largest absolute Gasteiger partial charge is 0.476 e. The van der Waals surface area contributed by atoms with E-state index < -0.39 is 5.54 Å².